The smallest absolute Gasteiger partial charge is 0.254 e. The molecule has 1 aromatic carbocycles. The van der Waals surface area contributed by atoms with Gasteiger partial charge >= 0.3 is 0 Å². The van der Waals surface area contributed by atoms with Crippen LogP contribution < -0.4 is 5.56 Å². The van der Waals surface area contributed by atoms with E-state index in [9.17, 15) is 4.79 Å². The zero-order chi connectivity index (χ0) is 15.0. The van der Waals surface area contributed by atoms with Crippen molar-refractivity contribution >= 4 is 10.8 Å². The molecule has 21 heavy (non-hydrogen) atoms. The summed E-state index contributed by atoms with van der Waals surface area (Å²) in [6.07, 6.45) is 3.59. The molecule has 4 heteroatoms. The monoisotopic (exact) mass is 279 g/mol. The van der Waals surface area contributed by atoms with E-state index >= 15 is 0 Å². The highest BCUT2D eigenvalue weighted by Crippen LogP contribution is 2.28. The maximum Gasteiger partial charge on any atom is 0.254 e. The van der Waals surface area contributed by atoms with Crippen LogP contribution in [0.3, 0.4) is 0 Å². The lowest BCUT2D eigenvalue weighted by atomic mass is 10.0. The molecule has 1 N–H and O–H groups in total. The second-order valence-electron chi connectivity index (χ2n) is 5.48. The number of H-pyrrole nitrogens is 1. The summed E-state index contributed by atoms with van der Waals surface area (Å²) in [5.41, 5.74) is 2.29. The van der Waals surface area contributed by atoms with Gasteiger partial charge in [-0.25, -0.2) is 4.98 Å². The highest BCUT2D eigenvalue weighted by molar-refractivity contribution is 5.95. The fourth-order valence-electron chi connectivity index (χ4n) is 2.41. The SMILES string of the molecule is Cc1c(-c2cccc3cnccc23)nc(C(C)C)[nH]c1=O. The summed E-state index contributed by atoms with van der Waals surface area (Å²) < 4.78 is 0. The van der Waals surface area contributed by atoms with Crippen LogP contribution in [0.2, 0.25) is 0 Å². The first-order valence-corrected chi connectivity index (χ1v) is 7.02. The summed E-state index contributed by atoms with van der Waals surface area (Å²) in [6, 6.07) is 7.94. The third kappa shape index (κ3) is 2.33. The number of hydrogen-bond acceptors (Lipinski definition) is 3. The van der Waals surface area contributed by atoms with Crippen molar-refractivity contribution in [3.63, 3.8) is 0 Å². The lowest BCUT2D eigenvalue weighted by molar-refractivity contribution is 0.765. The van der Waals surface area contributed by atoms with E-state index in [-0.39, 0.29) is 11.5 Å². The number of hydrogen-bond donors (Lipinski definition) is 1. The van der Waals surface area contributed by atoms with Gasteiger partial charge in [0.15, 0.2) is 0 Å². The third-order valence-corrected chi connectivity index (χ3v) is 3.65. The minimum Gasteiger partial charge on any atom is -0.310 e. The molecule has 0 fully saturated rings. The molecule has 0 saturated carbocycles. The van der Waals surface area contributed by atoms with Crippen molar-refractivity contribution in [2.45, 2.75) is 26.7 Å². The summed E-state index contributed by atoms with van der Waals surface area (Å²) in [6.45, 7) is 5.85. The fourth-order valence-corrected chi connectivity index (χ4v) is 2.41. The van der Waals surface area contributed by atoms with Crippen LogP contribution in [0.4, 0.5) is 0 Å². The predicted molar refractivity (Wildman–Crippen MR) is 84.4 cm³/mol. The van der Waals surface area contributed by atoms with E-state index in [4.69, 9.17) is 0 Å². The summed E-state index contributed by atoms with van der Waals surface area (Å²) in [7, 11) is 0. The Morgan fingerprint density at radius 2 is 2.00 bits per heavy atom. The molecule has 0 bridgehead atoms. The largest absolute Gasteiger partial charge is 0.310 e. The molecule has 0 aliphatic rings. The van der Waals surface area contributed by atoms with E-state index in [1.807, 2.05) is 51.2 Å². The van der Waals surface area contributed by atoms with Crippen LogP contribution in [0.15, 0.2) is 41.5 Å². The number of pyridine rings is 1. The van der Waals surface area contributed by atoms with Gasteiger partial charge in [-0.15, -0.1) is 0 Å². The quantitative estimate of drug-likeness (QED) is 0.782. The van der Waals surface area contributed by atoms with Crippen LogP contribution in [0.25, 0.3) is 22.0 Å². The van der Waals surface area contributed by atoms with E-state index in [1.54, 1.807) is 6.20 Å². The Kier molecular flexibility index (Phi) is 3.29. The van der Waals surface area contributed by atoms with Gasteiger partial charge in [0, 0.05) is 34.8 Å². The molecule has 0 saturated heterocycles. The van der Waals surface area contributed by atoms with E-state index in [0.717, 1.165) is 22.0 Å². The molecule has 0 spiro atoms. The lowest BCUT2D eigenvalue weighted by Crippen LogP contribution is -2.17. The second kappa shape index (κ2) is 5.13. The van der Waals surface area contributed by atoms with Gasteiger partial charge in [-0.05, 0) is 18.4 Å². The van der Waals surface area contributed by atoms with Crippen molar-refractivity contribution in [3.05, 3.63) is 58.4 Å². The van der Waals surface area contributed by atoms with Crippen LogP contribution in [0, 0.1) is 6.92 Å². The molecule has 106 valence electrons. The minimum absolute atomic E-state index is 0.0743. The topological polar surface area (TPSA) is 58.6 Å². The Morgan fingerprint density at radius 1 is 1.19 bits per heavy atom. The van der Waals surface area contributed by atoms with Gasteiger partial charge in [0.1, 0.15) is 5.82 Å². The van der Waals surface area contributed by atoms with Crippen molar-refractivity contribution in [1.82, 2.24) is 15.0 Å². The van der Waals surface area contributed by atoms with Crippen LogP contribution in [-0.2, 0) is 0 Å². The molecule has 3 aromatic rings. The molecular formula is C17H17N3O. The van der Waals surface area contributed by atoms with E-state index < -0.39 is 0 Å². The first kappa shape index (κ1) is 13.5. The molecule has 0 aliphatic carbocycles. The third-order valence-electron chi connectivity index (χ3n) is 3.65. The molecule has 0 aliphatic heterocycles. The minimum atomic E-state index is -0.0743. The van der Waals surface area contributed by atoms with Gasteiger partial charge in [-0.1, -0.05) is 32.0 Å². The van der Waals surface area contributed by atoms with Gasteiger partial charge in [0.05, 0.1) is 5.69 Å². The average molecular weight is 279 g/mol. The standard InChI is InChI=1S/C17H17N3O/c1-10(2)16-19-15(11(3)17(21)20-16)14-6-4-5-12-9-18-8-7-13(12)14/h4-10H,1-3H3,(H,19,20,21). The number of benzene rings is 1. The summed E-state index contributed by atoms with van der Waals surface area (Å²) >= 11 is 0. The zero-order valence-electron chi connectivity index (χ0n) is 12.3. The van der Waals surface area contributed by atoms with Crippen molar-refractivity contribution in [1.29, 1.82) is 0 Å². The lowest BCUT2D eigenvalue weighted by Gasteiger charge is -2.11. The maximum atomic E-state index is 12.2. The number of nitrogens with zero attached hydrogens (tertiary/aromatic N) is 2. The number of rotatable bonds is 2. The van der Waals surface area contributed by atoms with Crippen molar-refractivity contribution in [2.24, 2.45) is 0 Å². The van der Waals surface area contributed by atoms with Crippen LogP contribution in [0.1, 0.15) is 31.2 Å². The maximum absolute atomic E-state index is 12.2. The normalized spacial score (nSPS) is 11.2. The van der Waals surface area contributed by atoms with Crippen molar-refractivity contribution in [3.8, 4) is 11.3 Å². The predicted octanol–water partition coefficient (Wildman–Crippen LogP) is 3.42. The average Bonchev–Trinajstić information content (AvgIpc) is 2.49. The van der Waals surface area contributed by atoms with Gasteiger partial charge in [0.2, 0.25) is 0 Å². The summed E-state index contributed by atoms with van der Waals surface area (Å²) in [5, 5.41) is 2.10. The van der Waals surface area contributed by atoms with Crippen molar-refractivity contribution < 1.29 is 0 Å². The number of nitrogens with one attached hydrogen (secondary N) is 1. The molecule has 2 aromatic heterocycles. The molecule has 4 nitrogen and oxygen atoms in total. The molecular weight excluding hydrogens is 262 g/mol. The van der Waals surface area contributed by atoms with E-state index in [0.29, 0.717) is 11.4 Å². The van der Waals surface area contributed by atoms with Gasteiger partial charge in [0.25, 0.3) is 5.56 Å². The number of aromatic nitrogens is 3. The van der Waals surface area contributed by atoms with Crippen molar-refractivity contribution in [2.75, 3.05) is 0 Å². The number of aromatic amines is 1. The second-order valence-corrected chi connectivity index (χ2v) is 5.48. The Labute approximate surface area is 122 Å². The van der Waals surface area contributed by atoms with Gasteiger partial charge in [-0.2, -0.15) is 0 Å². The van der Waals surface area contributed by atoms with Crippen LogP contribution in [0.5, 0.6) is 0 Å². The van der Waals surface area contributed by atoms with Gasteiger partial charge < -0.3 is 4.98 Å². The highest BCUT2D eigenvalue weighted by Gasteiger charge is 2.13. The first-order valence-electron chi connectivity index (χ1n) is 7.02. The summed E-state index contributed by atoms with van der Waals surface area (Å²) in [4.78, 5) is 23.8. The Hall–Kier alpha value is -2.49. The van der Waals surface area contributed by atoms with Crippen LogP contribution in [-0.4, -0.2) is 15.0 Å². The molecule has 0 amide bonds. The molecule has 0 unspecified atom stereocenters. The van der Waals surface area contributed by atoms with Gasteiger partial charge in [-0.3, -0.25) is 9.78 Å². The summed E-state index contributed by atoms with van der Waals surface area (Å²) in [5.74, 6) is 0.889. The molecule has 0 atom stereocenters. The van der Waals surface area contributed by atoms with E-state index in [1.165, 1.54) is 0 Å². The highest BCUT2D eigenvalue weighted by atomic mass is 16.1. The number of fused-ring (bicyclic) bond motifs is 1. The molecule has 3 rings (SSSR count). The Morgan fingerprint density at radius 3 is 2.76 bits per heavy atom. The molecule has 2 heterocycles. The van der Waals surface area contributed by atoms with E-state index in [2.05, 4.69) is 15.0 Å². The first-order chi connectivity index (χ1) is 10.1. The van der Waals surface area contributed by atoms with Crippen LogP contribution >= 0.6 is 0 Å². The fraction of sp³-hybridized carbons (Fsp3) is 0.235. The zero-order valence-corrected chi connectivity index (χ0v) is 12.3. The Balaban J connectivity index is 2.35. The Bertz CT molecular complexity index is 860. The molecule has 0 radical (unpaired) electrons.